The predicted molar refractivity (Wildman–Crippen MR) is 204 cm³/mol. The molecule has 5 aromatic rings. The average Bonchev–Trinajstić information content (AvgIpc) is 4.11. The van der Waals surface area contributed by atoms with Crippen LogP contribution in [0.2, 0.25) is 37.5 Å². The number of benzene rings is 5. The Morgan fingerprint density at radius 1 is 0.438 bits per heavy atom. The van der Waals surface area contributed by atoms with Gasteiger partial charge in [0, 0.05) is 19.8 Å². The molecule has 10 fully saturated rings. The molecule has 0 aliphatic carbocycles. The van der Waals surface area contributed by atoms with E-state index in [1.807, 2.05) is 32.3 Å². The van der Waals surface area contributed by atoms with Gasteiger partial charge in [-0.3, -0.25) is 0 Å². The van der Waals surface area contributed by atoms with E-state index in [9.17, 15) is 0 Å². The van der Waals surface area contributed by atoms with Crippen molar-refractivity contribution in [2.24, 2.45) is 0 Å². The number of hydrogen-bond donors (Lipinski definition) is 0. The molecular formula is C44H43FeNP2. The van der Waals surface area contributed by atoms with Crippen molar-refractivity contribution in [3.05, 3.63) is 152 Å². The summed E-state index contributed by atoms with van der Waals surface area (Å²) in [6.45, 7) is 1.80. The van der Waals surface area contributed by atoms with Crippen LogP contribution < -0.4 is 26.1 Å². The molecule has 10 atom stereocenters. The number of fused-ring (bicyclic) bond motifs is 10. The third-order valence-corrected chi connectivity index (χ3v) is 82.8. The second-order valence-electron chi connectivity index (χ2n) is 18.8. The summed E-state index contributed by atoms with van der Waals surface area (Å²) >= 11 is 0. The van der Waals surface area contributed by atoms with Crippen LogP contribution in [0.5, 0.6) is 0 Å². The molecule has 1 spiro atoms. The first-order valence-corrected chi connectivity index (χ1v) is 26.6. The first kappa shape index (κ1) is 26.1. The third kappa shape index (κ3) is 0.740. The molecule has 0 N–H and O–H groups in total. The second-order valence-corrected chi connectivity index (χ2v) is 47.5. The van der Waals surface area contributed by atoms with E-state index in [4.69, 9.17) is 0 Å². The van der Waals surface area contributed by atoms with E-state index in [-0.39, 0.29) is 15.8 Å². The van der Waals surface area contributed by atoms with E-state index in [0.29, 0.717) is 8.11 Å². The average molecular weight is 704 g/mol. The number of rotatable bonds is 7. The molecule has 0 saturated carbocycles. The van der Waals surface area contributed by atoms with E-state index < -0.39 is 6.51 Å². The number of hydrogen-bond acceptors (Lipinski definition) is 1. The van der Waals surface area contributed by atoms with Gasteiger partial charge in [-0.1, -0.05) is 18.2 Å². The van der Waals surface area contributed by atoms with Crippen molar-refractivity contribution in [1.29, 1.82) is 0 Å². The Bertz CT molecular complexity index is 2470. The van der Waals surface area contributed by atoms with Crippen LogP contribution in [0.15, 0.2) is 152 Å². The predicted octanol–water partition coefficient (Wildman–Crippen LogP) is 9.99. The second kappa shape index (κ2) is 4.67. The SMILES string of the molecule is CN(C)c1ccccc1.C[C]12[CH]3[CH]4[CH]5[C]1(P(c1ccccc1)c1ccccc1)[Fe]43521678[CH]2[CH]1[C]6(C)[C]7(P(c1ccccc1)c1ccccc1)[CH]28. The molecule has 15 rings (SSSR count). The van der Waals surface area contributed by atoms with E-state index in [2.05, 4.69) is 152 Å². The Morgan fingerprint density at radius 3 is 0.938 bits per heavy atom. The summed E-state index contributed by atoms with van der Waals surface area (Å²) in [5, 5.41) is 6.82. The monoisotopic (exact) mass is 703 g/mol. The van der Waals surface area contributed by atoms with Gasteiger partial charge in [-0.05, 0) is 12.1 Å². The van der Waals surface area contributed by atoms with Gasteiger partial charge in [0.15, 0.2) is 0 Å². The number of para-hydroxylation sites is 1. The molecule has 10 heterocycles. The summed E-state index contributed by atoms with van der Waals surface area (Å²) in [6.07, 6.45) is 0. The van der Waals surface area contributed by atoms with E-state index in [1.165, 1.54) is 34.6 Å². The van der Waals surface area contributed by atoms with Gasteiger partial charge in [0.05, 0.1) is 0 Å². The molecule has 0 bridgehead atoms. The van der Waals surface area contributed by atoms with Crippen LogP contribution in [-0.2, 0) is 6.51 Å². The molecule has 10 aliphatic heterocycles. The molecule has 0 amide bonds. The van der Waals surface area contributed by atoms with Gasteiger partial charge in [0.2, 0.25) is 0 Å². The molecule has 48 heavy (non-hydrogen) atoms. The maximum absolute atomic E-state index is 4.15. The molecule has 10 saturated heterocycles. The van der Waals surface area contributed by atoms with Gasteiger partial charge in [-0.15, -0.1) is 0 Å². The Kier molecular flexibility index (Phi) is 2.54. The zero-order valence-corrected chi connectivity index (χ0v) is 31.0. The third-order valence-electron chi connectivity index (χ3n) is 22.5. The number of nitrogens with zero attached hydrogens (tertiary/aromatic N) is 1. The van der Waals surface area contributed by atoms with Crippen LogP contribution in [-0.4, -0.2) is 22.2 Å². The van der Waals surface area contributed by atoms with Crippen LogP contribution >= 0.6 is 15.8 Å². The molecule has 242 valence electrons. The summed E-state index contributed by atoms with van der Waals surface area (Å²) in [5.74, 6) is 0. The van der Waals surface area contributed by atoms with Gasteiger partial charge < -0.3 is 4.90 Å². The summed E-state index contributed by atoms with van der Waals surface area (Å²) in [5.41, 5.74) is 1.25. The minimum atomic E-state index is -4.15. The fraction of sp³-hybridized carbons (Fsp3) is 0.318. The minimum absolute atomic E-state index is 0.333. The van der Waals surface area contributed by atoms with Crippen LogP contribution in [0, 0.1) is 0 Å². The molecule has 10 unspecified atom stereocenters. The van der Waals surface area contributed by atoms with Crippen molar-refractivity contribution >= 4 is 42.7 Å². The van der Waals surface area contributed by atoms with Crippen LogP contribution in [0.4, 0.5) is 5.69 Å². The van der Waals surface area contributed by atoms with E-state index >= 15 is 0 Å². The van der Waals surface area contributed by atoms with Crippen molar-refractivity contribution < 1.29 is 6.51 Å². The van der Waals surface area contributed by atoms with Crippen molar-refractivity contribution in [1.82, 2.24) is 0 Å². The van der Waals surface area contributed by atoms with Gasteiger partial charge in [-0.2, -0.15) is 0 Å². The molecular weight excluding hydrogens is 660 g/mol. The molecule has 0 radical (unpaired) electrons. The Balaban J connectivity index is 0.000000244. The maximum atomic E-state index is 2.98. The molecule has 0 aromatic heterocycles. The normalized spacial score (nSPS) is 54.0. The van der Waals surface area contributed by atoms with Gasteiger partial charge in [0.1, 0.15) is 0 Å². The Labute approximate surface area is 278 Å². The quantitative estimate of drug-likeness (QED) is 0.121. The summed E-state index contributed by atoms with van der Waals surface area (Å²) in [6, 6.07) is 58.3. The molecule has 5 aromatic carbocycles. The molecule has 10 aliphatic rings. The summed E-state index contributed by atoms with van der Waals surface area (Å²) < 4.78 is 2.86. The van der Waals surface area contributed by atoms with Crippen LogP contribution in [0.1, 0.15) is 13.8 Å². The van der Waals surface area contributed by atoms with Gasteiger partial charge in [-0.25, -0.2) is 0 Å². The summed E-state index contributed by atoms with van der Waals surface area (Å²) in [4.78, 5) is 9.30. The Morgan fingerprint density at radius 2 is 0.729 bits per heavy atom. The standard InChI is InChI=1S/2C18H16P.C8H11N.Fe/c2*1-15-9-8-14-18(15)19(16-10-4-2-5-11-16)17-12-6-3-7-13-17;1-9(2)8-6-4-3-5-7-8;/h2*2-14H,1H3;3-7H,1-2H3;. The van der Waals surface area contributed by atoms with Crippen molar-refractivity contribution in [3.8, 4) is 0 Å². The zero-order chi connectivity index (χ0) is 32.1. The first-order chi connectivity index (χ1) is 23.2. The van der Waals surface area contributed by atoms with Crippen LogP contribution in [0.25, 0.3) is 0 Å². The fourth-order valence-electron chi connectivity index (χ4n) is 24.6. The van der Waals surface area contributed by atoms with Crippen LogP contribution in [0.3, 0.4) is 0 Å². The fourth-order valence-corrected chi connectivity index (χ4v) is 136. The Hall–Kier alpha value is -2.72. The van der Waals surface area contributed by atoms with E-state index in [0.717, 1.165) is 8.63 Å². The van der Waals surface area contributed by atoms with Crippen molar-refractivity contribution in [3.63, 3.8) is 0 Å². The van der Waals surface area contributed by atoms with Gasteiger partial charge >= 0.3 is 224 Å². The molecule has 4 heteroatoms. The summed E-state index contributed by atoms with van der Waals surface area (Å²) in [7, 11) is 3.41. The van der Waals surface area contributed by atoms with Crippen molar-refractivity contribution in [2.45, 2.75) is 59.5 Å². The molecule has 1 nitrogen and oxygen atoms in total. The number of anilines is 1. The topological polar surface area (TPSA) is 3.24 Å². The van der Waals surface area contributed by atoms with Crippen molar-refractivity contribution in [2.75, 3.05) is 19.0 Å². The zero-order valence-electron chi connectivity index (χ0n) is 28.1. The van der Waals surface area contributed by atoms with E-state index in [1.54, 1.807) is 21.2 Å². The van der Waals surface area contributed by atoms with Gasteiger partial charge in [0.25, 0.3) is 0 Å². The first-order valence-electron chi connectivity index (χ1n) is 17.9.